The molecule has 5 heteroatoms. The van der Waals surface area contributed by atoms with Crippen LogP contribution in [0.25, 0.3) is 0 Å². The molecule has 0 aliphatic heterocycles. The van der Waals surface area contributed by atoms with Gasteiger partial charge in [-0.3, -0.25) is 0 Å². The van der Waals surface area contributed by atoms with E-state index in [4.69, 9.17) is 0 Å². The van der Waals surface area contributed by atoms with Crippen molar-refractivity contribution >= 4 is 13.5 Å². The summed E-state index contributed by atoms with van der Waals surface area (Å²) in [7, 11) is 0. The third kappa shape index (κ3) is 4.34. The van der Waals surface area contributed by atoms with Crippen LogP contribution in [-0.2, 0) is 13.5 Å². The molecule has 0 radical (unpaired) electrons. The second-order valence-corrected chi connectivity index (χ2v) is 0.599. The molecule has 0 fully saturated rings. The Kier molecular flexibility index (Phi) is 9.70. The van der Waals surface area contributed by atoms with Crippen molar-refractivity contribution in [2.24, 2.45) is 0 Å². The summed E-state index contributed by atoms with van der Waals surface area (Å²) in [6, 6.07) is 0. The molecule has 0 spiro atoms. The molecule has 0 amide bonds. The molecule has 0 aliphatic carbocycles. The fourth-order valence-electron chi connectivity index (χ4n) is 0.144. The van der Waals surface area contributed by atoms with Gasteiger partial charge in [-0.05, 0) is 0 Å². The molecule has 34 valence electrons. The fraction of sp³-hybridized carbons (Fsp3) is 0. The van der Waals surface area contributed by atoms with Crippen LogP contribution >= 0.6 is 0 Å². The van der Waals surface area contributed by atoms with Crippen molar-refractivity contribution in [3.8, 4) is 0 Å². The first-order valence-electron chi connectivity index (χ1n) is 1.22. The normalized spacial score (nSPS) is 5.71. The maximum absolute atomic E-state index is 3.43. The van der Waals surface area contributed by atoms with E-state index in [-0.39, 0.29) is 43.1 Å². The van der Waals surface area contributed by atoms with Crippen molar-refractivity contribution in [3.05, 3.63) is 12.4 Å². The van der Waals surface area contributed by atoms with E-state index in [2.05, 4.69) is 21.6 Å². The molecule has 0 aromatic carbocycles. The van der Waals surface area contributed by atoms with Crippen molar-refractivity contribution in [1.82, 2.24) is 15.4 Å². The maximum Gasteiger partial charge on any atom is 1.00 e. The predicted molar refractivity (Wildman–Crippen MR) is 24.0 cm³/mol. The van der Waals surface area contributed by atoms with Gasteiger partial charge < -0.3 is 24.8 Å². The number of aromatic nitrogens is 3. The van der Waals surface area contributed by atoms with Crippen molar-refractivity contribution in [3.63, 3.8) is 0 Å². The summed E-state index contributed by atoms with van der Waals surface area (Å²) in [6.07, 6.45) is 3.90. The monoisotopic (exact) mass is 124 g/mol. The second-order valence-electron chi connectivity index (χ2n) is 0.599. The summed E-state index contributed by atoms with van der Waals surface area (Å²) < 4.78 is 0. The van der Waals surface area contributed by atoms with Crippen LogP contribution in [0.15, 0.2) is 6.20 Å². The van der Waals surface area contributed by atoms with Gasteiger partial charge in [-0.1, -0.05) is 0 Å². The summed E-state index contributed by atoms with van der Waals surface area (Å²) in [5.41, 5.74) is 0. The van der Waals surface area contributed by atoms with Gasteiger partial charge in [0.25, 0.3) is 0 Å². The summed E-state index contributed by atoms with van der Waals surface area (Å²) in [5, 5.41) is 9.10. The van der Waals surface area contributed by atoms with Crippen molar-refractivity contribution < 1.29 is 29.6 Å². The van der Waals surface area contributed by atoms with Crippen LogP contribution in [0.3, 0.4) is 0 Å². The molecule has 1 aromatic heterocycles. The van der Waals surface area contributed by atoms with Crippen LogP contribution in [0.5, 0.6) is 0 Å². The molecule has 3 nitrogen and oxygen atoms in total. The Morgan fingerprint density at radius 2 is 2.29 bits per heavy atom. The van der Waals surface area contributed by atoms with Crippen molar-refractivity contribution in [1.29, 1.82) is 0 Å². The van der Waals surface area contributed by atoms with E-state index in [0.29, 0.717) is 0 Å². The molecule has 0 unspecified atom stereocenters. The smallest absolute Gasteiger partial charge is 0.813 e. The van der Waals surface area contributed by atoms with E-state index in [1.165, 1.54) is 6.20 Å². The zero-order valence-electron chi connectivity index (χ0n) is 3.92. The first-order valence-corrected chi connectivity index (χ1v) is 1.22. The molecular weight excluding hydrogens is 121 g/mol. The molecule has 1 heterocycles. The largest absolute Gasteiger partial charge is 1.00 e. The summed E-state index contributed by atoms with van der Waals surface area (Å²) in [5.74, 6) is 0. The zero-order valence-corrected chi connectivity index (χ0v) is 6.81. The standard InChI is InChI=1S/C2H2N3.Na.H2S/c1-2-4-5-3-1;;/h1H,(H,3,4,5);;1H2/q-1;+1;/p-1. The first kappa shape index (κ1) is 10.5. The number of hydrogen-bond donors (Lipinski definition) is 1. The quantitative estimate of drug-likeness (QED) is 0.168. The fourth-order valence-corrected chi connectivity index (χ4v) is 0.144. The molecule has 0 saturated heterocycles. The van der Waals surface area contributed by atoms with Gasteiger partial charge in [-0.15, -0.1) is 6.20 Å². The Bertz CT molecular complexity index is 69.4. The molecule has 1 N–H and O–H groups in total. The molecular formula is C2H3N3NaS-. The number of nitrogens with one attached hydrogen (secondary N) is 1. The Balaban J connectivity index is 0. The molecule has 0 bridgehead atoms. The van der Waals surface area contributed by atoms with E-state index in [1.54, 1.807) is 0 Å². The van der Waals surface area contributed by atoms with Gasteiger partial charge in [0.05, 0.1) is 0 Å². The minimum Gasteiger partial charge on any atom is -0.813 e. The minimum atomic E-state index is 0. The molecule has 1 aromatic rings. The van der Waals surface area contributed by atoms with Crippen LogP contribution in [0.2, 0.25) is 0 Å². The van der Waals surface area contributed by atoms with E-state index in [1.807, 2.05) is 0 Å². The number of nitrogens with zero attached hydrogens (tertiary/aromatic N) is 2. The molecule has 0 saturated carbocycles. The first-order chi connectivity index (χ1) is 2.50. The third-order valence-electron chi connectivity index (χ3n) is 0.295. The van der Waals surface area contributed by atoms with Gasteiger partial charge in [-0.2, -0.15) is 0 Å². The van der Waals surface area contributed by atoms with Gasteiger partial charge >= 0.3 is 29.6 Å². The number of H-pyrrole nitrogens is 1. The number of aromatic amines is 1. The van der Waals surface area contributed by atoms with E-state index in [0.717, 1.165) is 0 Å². The molecule has 1 rings (SSSR count). The van der Waals surface area contributed by atoms with Gasteiger partial charge in [0.15, 0.2) is 0 Å². The molecule has 7 heavy (non-hydrogen) atoms. The SMILES string of the molecule is [Na+].[SH-].[c-]1cn[nH]n1. The predicted octanol–water partition coefficient (Wildman–Crippen LogP) is -3.66. The summed E-state index contributed by atoms with van der Waals surface area (Å²) >= 11 is 0. The Labute approximate surface area is 70.6 Å². The van der Waals surface area contributed by atoms with Gasteiger partial charge in [0.2, 0.25) is 0 Å². The Morgan fingerprint density at radius 1 is 1.57 bits per heavy atom. The zero-order chi connectivity index (χ0) is 3.54. The van der Waals surface area contributed by atoms with E-state index >= 15 is 0 Å². The van der Waals surface area contributed by atoms with E-state index < -0.39 is 0 Å². The van der Waals surface area contributed by atoms with E-state index in [9.17, 15) is 0 Å². The number of hydrogen-bond acceptors (Lipinski definition) is 3. The van der Waals surface area contributed by atoms with Gasteiger partial charge in [-0.25, -0.2) is 10.3 Å². The Morgan fingerprint density at radius 3 is 2.43 bits per heavy atom. The molecule has 0 aliphatic rings. The molecule has 0 atom stereocenters. The van der Waals surface area contributed by atoms with Gasteiger partial charge in [0, 0.05) is 0 Å². The Hall–Kier alpha value is 0.490. The number of thiol groups is 1. The van der Waals surface area contributed by atoms with Crippen molar-refractivity contribution in [2.75, 3.05) is 0 Å². The van der Waals surface area contributed by atoms with Crippen LogP contribution in [0.4, 0.5) is 0 Å². The van der Waals surface area contributed by atoms with Crippen LogP contribution in [0.1, 0.15) is 0 Å². The second kappa shape index (κ2) is 6.49. The topological polar surface area (TPSA) is 41.6 Å². The van der Waals surface area contributed by atoms with Gasteiger partial charge in [0.1, 0.15) is 0 Å². The maximum atomic E-state index is 3.43. The minimum absolute atomic E-state index is 0. The third-order valence-corrected chi connectivity index (χ3v) is 0.295. The van der Waals surface area contributed by atoms with Crippen LogP contribution < -0.4 is 29.6 Å². The summed E-state index contributed by atoms with van der Waals surface area (Å²) in [6.45, 7) is 0. The van der Waals surface area contributed by atoms with Crippen molar-refractivity contribution in [2.45, 2.75) is 0 Å². The average molecular weight is 124 g/mol. The van der Waals surface area contributed by atoms with Crippen LogP contribution in [0, 0.1) is 6.20 Å². The van der Waals surface area contributed by atoms with Crippen LogP contribution in [-0.4, -0.2) is 15.4 Å². The number of rotatable bonds is 0. The summed E-state index contributed by atoms with van der Waals surface area (Å²) in [4.78, 5) is 0. The average Bonchev–Trinajstić information content (AvgIpc) is 1.76.